The molecular weight excluding hydrogens is 322 g/mol. The van der Waals surface area contributed by atoms with Crippen LogP contribution in [0.1, 0.15) is 30.4 Å². The lowest BCUT2D eigenvalue weighted by Gasteiger charge is -2.41. The van der Waals surface area contributed by atoms with E-state index in [1.165, 1.54) is 12.0 Å². The molecule has 0 bridgehead atoms. The van der Waals surface area contributed by atoms with Crippen LogP contribution >= 0.6 is 0 Å². The Bertz CT molecular complexity index is 906. The first kappa shape index (κ1) is 16.0. The Morgan fingerprint density at radius 1 is 1.15 bits per heavy atom. The second kappa shape index (κ2) is 6.22. The van der Waals surface area contributed by atoms with Crippen LogP contribution in [0.25, 0.3) is 10.9 Å². The van der Waals surface area contributed by atoms with Gasteiger partial charge in [0.1, 0.15) is 0 Å². The predicted molar refractivity (Wildman–Crippen MR) is 103 cm³/mol. The molecule has 1 aromatic heterocycles. The van der Waals surface area contributed by atoms with E-state index in [2.05, 4.69) is 45.4 Å². The van der Waals surface area contributed by atoms with Gasteiger partial charge in [0.2, 0.25) is 0 Å². The van der Waals surface area contributed by atoms with Gasteiger partial charge in [-0.15, -0.1) is 0 Å². The molecule has 0 radical (unpaired) electrons. The molecule has 0 unspecified atom stereocenters. The number of aromatic nitrogens is 2. The molecule has 134 valence electrons. The molecule has 5 rings (SSSR count). The fraction of sp³-hybridized carbons (Fsp3) is 0.409. The minimum Gasteiger partial charge on any atom is -0.385 e. The van der Waals surface area contributed by atoms with Crippen molar-refractivity contribution in [3.8, 4) is 0 Å². The summed E-state index contributed by atoms with van der Waals surface area (Å²) in [5.74, 6) is 0.916. The van der Waals surface area contributed by atoms with Gasteiger partial charge in [-0.2, -0.15) is 5.10 Å². The Balaban J connectivity index is 1.37. The number of fused-ring (bicyclic) bond motifs is 2. The lowest BCUT2D eigenvalue weighted by atomic mass is 9.67. The van der Waals surface area contributed by atoms with E-state index in [4.69, 9.17) is 0 Å². The average Bonchev–Trinajstić information content (AvgIpc) is 3.29. The molecule has 4 nitrogen and oxygen atoms in total. The average molecular weight is 347 g/mol. The van der Waals surface area contributed by atoms with Gasteiger partial charge >= 0.3 is 0 Å². The quantitative estimate of drug-likeness (QED) is 0.760. The maximum absolute atomic E-state index is 11.6. The van der Waals surface area contributed by atoms with Crippen LogP contribution in [0.15, 0.2) is 54.7 Å². The number of likely N-dealkylation sites (tertiary alicyclic amines) is 1. The van der Waals surface area contributed by atoms with Crippen molar-refractivity contribution in [2.75, 3.05) is 13.1 Å². The third-order valence-electron chi connectivity index (χ3n) is 6.45. The number of hydrogen-bond donors (Lipinski definition) is 2. The van der Waals surface area contributed by atoms with Crippen LogP contribution in [0.4, 0.5) is 0 Å². The van der Waals surface area contributed by atoms with Gasteiger partial charge in [-0.05, 0) is 42.4 Å². The maximum Gasteiger partial charge on any atom is 0.0939 e. The van der Waals surface area contributed by atoms with Crippen LogP contribution in [0.5, 0.6) is 0 Å². The van der Waals surface area contributed by atoms with Crippen molar-refractivity contribution >= 4 is 10.9 Å². The lowest BCUT2D eigenvalue weighted by Crippen LogP contribution is -2.42. The molecule has 2 N–H and O–H groups in total. The summed E-state index contributed by atoms with van der Waals surface area (Å²) < 4.78 is 0. The van der Waals surface area contributed by atoms with Gasteiger partial charge in [-0.3, -0.25) is 10.00 Å². The lowest BCUT2D eigenvalue weighted by molar-refractivity contribution is -0.0648. The summed E-state index contributed by atoms with van der Waals surface area (Å²) in [6, 6.07) is 16.8. The molecule has 3 aromatic rings. The van der Waals surface area contributed by atoms with Crippen LogP contribution in [-0.4, -0.2) is 33.3 Å². The van der Waals surface area contributed by atoms with Crippen molar-refractivity contribution in [2.24, 2.45) is 11.8 Å². The number of H-pyrrole nitrogens is 1. The molecule has 2 heterocycles. The third-order valence-corrected chi connectivity index (χ3v) is 6.45. The Labute approximate surface area is 153 Å². The number of nitrogens with zero attached hydrogens (tertiary/aromatic N) is 2. The fourth-order valence-corrected chi connectivity index (χ4v) is 5.17. The standard InChI is InChI=1S/C22H25N3O/c26-22(19-6-2-1-3-7-19)10-4-5-18-14-25(15-20(18)22)13-16-8-9-17-12-23-24-21(17)11-16/h1-3,6-9,11-12,18,20,26H,4-5,10,13-15H2,(H,23,24)/t18-,20+,22+/m0/s1. The first-order valence-electron chi connectivity index (χ1n) is 9.65. The minimum atomic E-state index is -0.674. The van der Waals surface area contributed by atoms with Crippen LogP contribution < -0.4 is 0 Å². The van der Waals surface area contributed by atoms with E-state index in [-0.39, 0.29) is 0 Å². The summed E-state index contributed by atoms with van der Waals surface area (Å²) in [6.07, 6.45) is 5.09. The highest BCUT2D eigenvalue weighted by Gasteiger charge is 2.49. The number of hydrogen-bond acceptors (Lipinski definition) is 3. The van der Waals surface area contributed by atoms with Crippen molar-refractivity contribution in [3.05, 3.63) is 65.9 Å². The Hall–Kier alpha value is -2.17. The SMILES string of the molecule is O[C@@]1(c2ccccc2)CCC[C@H]2CN(Cc3ccc4cn[nH]c4c3)C[C@H]21. The molecule has 1 saturated carbocycles. The smallest absolute Gasteiger partial charge is 0.0939 e. The monoisotopic (exact) mass is 347 g/mol. The number of benzene rings is 2. The molecule has 1 aliphatic carbocycles. The van der Waals surface area contributed by atoms with E-state index in [1.807, 2.05) is 24.4 Å². The Morgan fingerprint density at radius 3 is 2.92 bits per heavy atom. The van der Waals surface area contributed by atoms with Crippen LogP contribution in [-0.2, 0) is 12.1 Å². The molecule has 1 aliphatic heterocycles. The molecule has 0 spiro atoms. The molecule has 2 aliphatic rings. The largest absolute Gasteiger partial charge is 0.385 e. The highest BCUT2D eigenvalue weighted by atomic mass is 16.3. The zero-order valence-corrected chi connectivity index (χ0v) is 14.9. The molecule has 3 atom stereocenters. The number of aromatic amines is 1. The van der Waals surface area contributed by atoms with E-state index in [1.54, 1.807) is 0 Å². The normalized spacial score (nSPS) is 29.1. The summed E-state index contributed by atoms with van der Waals surface area (Å²) in [7, 11) is 0. The van der Waals surface area contributed by atoms with Crippen molar-refractivity contribution in [2.45, 2.75) is 31.4 Å². The van der Waals surface area contributed by atoms with Gasteiger partial charge in [0.05, 0.1) is 17.3 Å². The third kappa shape index (κ3) is 2.65. The van der Waals surface area contributed by atoms with Crippen LogP contribution in [0.3, 0.4) is 0 Å². The van der Waals surface area contributed by atoms with E-state index in [0.29, 0.717) is 11.8 Å². The second-order valence-corrected chi connectivity index (χ2v) is 8.03. The molecule has 2 fully saturated rings. The summed E-state index contributed by atoms with van der Waals surface area (Å²) in [5.41, 5.74) is 2.82. The van der Waals surface area contributed by atoms with E-state index in [0.717, 1.165) is 48.9 Å². The van der Waals surface area contributed by atoms with E-state index >= 15 is 0 Å². The molecule has 4 heteroatoms. The first-order chi connectivity index (χ1) is 12.7. The van der Waals surface area contributed by atoms with Crippen molar-refractivity contribution in [3.63, 3.8) is 0 Å². The molecule has 2 aromatic carbocycles. The maximum atomic E-state index is 11.6. The predicted octanol–water partition coefficient (Wildman–Crippen LogP) is 3.68. The fourth-order valence-electron chi connectivity index (χ4n) is 5.17. The Kier molecular flexibility index (Phi) is 3.84. The summed E-state index contributed by atoms with van der Waals surface area (Å²) >= 11 is 0. The molecule has 26 heavy (non-hydrogen) atoms. The van der Waals surface area contributed by atoms with Gasteiger partial charge in [-0.25, -0.2) is 0 Å². The van der Waals surface area contributed by atoms with Gasteiger partial charge in [-0.1, -0.05) is 42.5 Å². The molecule has 1 saturated heterocycles. The highest BCUT2D eigenvalue weighted by Crippen LogP contribution is 2.48. The van der Waals surface area contributed by atoms with Crippen molar-refractivity contribution in [1.82, 2.24) is 15.1 Å². The topological polar surface area (TPSA) is 52.1 Å². The first-order valence-corrected chi connectivity index (χ1v) is 9.65. The zero-order chi connectivity index (χ0) is 17.6. The van der Waals surface area contributed by atoms with Gasteiger partial charge in [0, 0.05) is 30.9 Å². The molecular formula is C22H25N3O. The highest BCUT2D eigenvalue weighted by molar-refractivity contribution is 5.78. The number of nitrogens with one attached hydrogen (secondary N) is 1. The van der Waals surface area contributed by atoms with Crippen molar-refractivity contribution < 1.29 is 5.11 Å². The zero-order valence-electron chi connectivity index (χ0n) is 14.9. The Morgan fingerprint density at radius 2 is 2.04 bits per heavy atom. The number of aliphatic hydroxyl groups is 1. The second-order valence-electron chi connectivity index (χ2n) is 8.03. The van der Waals surface area contributed by atoms with Gasteiger partial charge < -0.3 is 5.11 Å². The van der Waals surface area contributed by atoms with Crippen molar-refractivity contribution in [1.29, 1.82) is 0 Å². The summed E-state index contributed by atoms with van der Waals surface area (Å²) in [6.45, 7) is 2.99. The summed E-state index contributed by atoms with van der Waals surface area (Å²) in [5, 5.41) is 19.9. The van der Waals surface area contributed by atoms with Crippen LogP contribution in [0.2, 0.25) is 0 Å². The van der Waals surface area contributed by atoms with E-state index in [9.17, 15) is 5.11 Å². The summed E-state index contributed by atoms with van der Waals surface area (Å²) in [4.78, 5) is 2.52. The number of rotatable bonds is 3. The van der Waals surface area contributed by atoms with Crippen LogP contribution in [0, 0.1) is 11.8 Å². The van der Waals surface area contributed by atoms with E-state index < -0.39 is 5.60 Å². The van der Waals surface area contributed by atoms with Gasteiger partial charge in [0.25, 0.3) is 0 Å². The van der Waals surface area contributed by atoms with Gasteiger partial charge in [0.15, 0.2) is 0 Å². The minimum absolute atomic E-state index is 0.328. The molecule has 0 amide bonds.